The number of pyridine rings is 1. The van der Waals surface area contributed by atoms with Crippen molar-refractivity contribution in [2.45, 2.75) is 33.9 Å². The van der Waals surface area contributed by atoms with Gasteiger partial charge in [0.15, 0.2) is 5.11 Å². The zero-order valence-corrected chi connectivity index (χ0v) is 14.6. The van der Waals surface area contributed by atoms with Crippen LogP contribution in [0.15, 0.2) is 24.3 Å². The van der Waals surface area contributed by atoms with E-state index in [0.717, 1.165) is 34.5 Å². The normalized spacial score (nSPS) is 11.3. The third-order valence-corrected chi connectivity index (χ3v) is 4.19. The van der Waals surface area contributed by atoms with Gasteiger partial charge in [-0.15, -0.1) is 0 Å². The second kappa shape index (κ2) is 6.76. The van der Waals surface area contributed by atoms with Crippen molar-refractivity contribution in [2.75, 3.05) is 10.6 Å². The van der Waals surface area contributed by atoms with Crippen molar-refractivity contribution >= 4 is 28.8 Å². The first-order chi connectivity index (χ1) is 11.1. The quantitative estimate of drug-likeness (QED) is 0.733. The summed E-state index contributed by atoms with van der Waals surface area (Å²) in [6.45, 7) is 7.81. The summed E-state index contributed by atoms with van der Waals surface area (Å²) in [4.78, 5) is 4.45. The summed E-state index contributed by atoms with van der Waals surface area (Å²) < 4.78 is 38.2. The molecular formula is C17H18F3N3S. The molecule has 0 bridgehead atoms. The number of hydrogen-bond acceptors (Lipinski definition) is 2. The van der Waals surface area contributed by atoms with Crippen molar-refractivity contribution in [3.63, 3.8) is 0 Å². The zero-order valence-electron chi connectivity index (χ0n) is 13.8. The molecule has 2 aromatic rings. The topological polar surface area (TPSA) is 37.0 Å². The molecule has 0 radical (unpaired) electrons. The van der Waals surface area contributed by atoms with E-state index in [2.05, 4.69) is 15.6 Å². The fourth-order valence-corrected chi connectivity index (χ4v) is 2.45. The van der Waals surface area contributed by atoms with Crippen molar-refractivity contribution in [1.82, 2.24) is 4.98 Å². The molecule has 1 aromatic heterocycles. The second-order valence-electron chi connectivity index (χ2n) is 5.58. The minimum absolute atomic E-state index is 0.188. The maximum Gasteiger partial charge on any atom is 0.416 e. The first-order valence-electron chi connectivity index (χ1n) is 7.29. The summed E-state index contributed by atoms with van der Waals surface area (Å²) in [6.07, 6.45) is -4.39. The van der Waals surface area contributed by atoms with Gasteiger partial charge in [0.1, 0.15) is 5.82 Å². The molecule has 1 heterocycles. The minimum Gasteiger partial charge on any atom is -0.332 e. The number of thiocarbonyl (C=S) groups is 1. The molecule has 0 fully saturated rings. The standard InChI is InChI=1S/C17H18F3N3S/c1-9-10(2)12(4)21-15(11(9)3)23-16(24)22-14-7-5-6-13(8-14)17(18,19)20/h5-8H,1-4H3,(H2,21,22,23,24). The van der Waals surface area contributed by atoms with E-state index < -0.39 is 11.7 Å². The van der Waals surface area contributed by atoms with Crippen LogP contribution >= 0.6 is 12.2 Å². The summed E-state index contributed by atoms with van der Waals surface area (Å²) in [5.74, 6) is 0.597. The van der Waals surface area contributed by atoms with Crippen LogP contribution in [-0.4, -0.2) is 10.1 Å². The largest absolute Gasteiger partial charge is 0.416 e. The third-order valence-electron chi connectivity index (χ3n) is 3.98. The number of aromatic nitrogens is 1. The predicted octanol–water partition coefficient (Wildman–Crippen LogP) is 5.14. The Kier molecular flexibility index (Phi) is 5.13. The average molecular weight is 353 g/mol. The van der Waals surface area contributed by atoms with E-state index in [9.17, 15) is 13.2 Å². The number of aryl methyl sites for hydroxylation is 1. The van der Waals surface area contributed by atoms with E-state index in [1.165, 1.54) is 12.1 Å². The summed E-state index contributed by atoms with van der Waals surface area (Å²) >= 11 is 5.19. The SMILES string of the molecule is Cc1nc(NC(=S)Nc2cccc(C(F)(F)F)c2)c(C)c(C)c1C. The molecule has 24 heavy (non-hydrogen) atoms. The van der Waals surface area contributed by atoms with Gasteiger partial charge in [0.05, 0.1) is 5.56 Å². The molecule has 128 valence electrons. The predicted molar refractivity (Wildman–Crippen MR) is 94.5 cm³/mol. The van der Waals surface area contributed by atoms with Crippen molar-refractivity contribution in [3.8, 4) is 0 Å². The monoisotopic (exact) mass is 353 g/mol. The lowest BCUT2D eigenvalue weighted by Crippen LogP contribution is -2.21. The van der Waals surface area contributed by atoms with Gasteiger partial charge in [0.25, 0.3) is 0 Å². The van der Waals surface area contributed by atoms with Gasteiger partial charge >= 0.3 is 6.18 Å². The number of alkyl halides is 3. The highest BCUT2D eigenvalue weighted by atomic mass is 32.1. The third kappa shape index (κ3) is 4.03. The van der Waals surface area contributed by atoms with E-state index in [-0.39, 0.29) is 10.8 Å². The molecule has 0 aliphatic rings. The van der Waals surface area contributed by atoms with Crippen LogP contribution < -0.4 is 10.6 Å². The van der Waals surface area contributed by atoms with Crippen LogP contribution in [0.5, 0.6) is 0 Å². The van der Waals surface area contributed by atoms with Gasteiger partial charge in [-0.05, 0) is 74.8 Å². The van der Waals surface area contributed by atoms with E-state index in [1.54, 1.807) is 0 Å². The van der Waals surface area contributed by atoms with Gasteiger partial charge in [0.2, 0.25) is 0 Å². The van der Waals surface area contributed by atoms with Gasteiger partial charge in [-0.3, -0.25) is 0 Å². The van der Waals surface area contributed by atoms with Crippen LogP contribution in [0.25, 0.3) is 0 Å². The molecule has 3 nitrogen and oxygen atoms in total. The number of rotatable bonds is 2. The average Bonchev–Trinajstić information content (AvgIpc) is 2.50. The Hall–Kier alpha value is -2.15. The Morgan fingerprint density at radius 1 is 1.00 bits per heavy atom. The molecule has 2 N–H and O–H groups in total. The first-order valence-corrected chi connectivity index (χ1v) is 7.70. The summed E-state index contributed by atoms with van der Waals surface area (Å²) in [6, 6.07) is 4.88. The zero-order chi connectivity index (χ0) is 18.1. The lowest BCUT2D eigenvalue weighted by molar-refractivity contribution is -0.137. The van der Waals surface area contributed by atoms with Gasteiger partial charge in [-0.2, -0.15) is 13.2 Å². The fraction of sp³-hybridized carbons (Fsp3) is 0.294. The molecule has 0 aliphatic heterocycles. The minimum atomic E-state index is -4.39. The molecule has 2 rings (SSSR count). The van der Waals surface area contributed by atoms with Crippen LogP contribution in [-0.2, 0) is 6.18 Å². The molecule has 1 aromatic carbocycles. The van der Waals surface area contributed by atoms with E-state index >= 15 is 0 Å². The Labute approximate surface area is 144 Å². The van der Waals surface area contributed by atoms with Crippen LogP contribution in [0.2, 0.25) is 0 Å². The smallest absolute Gasteiger partial charge is 0.332 e. The van der Waals surface area contributed by atoms with Crippen molar-refractivity contribution in [3.05, 3.63) is 52.2 Å². The lowest BCUT2D eigenvalue weighted by Gasteiger charge is -2.16. The van der Waals surface area contributed by atoms with Crippen LogP contribution in [0.3, 0.4) is 0 Å². The number of nitrogens with zero attached hydrogens (tertiary/aromatic N) is 1. The van der Waals surface area contributed by atoms with Gasteiger partial charge < -0.3 is 10.6 Å². The van der Waals surface area contributed by atoms with E-state index in [0.29, 0.717) is 5.82 Å². The summed E-state index contributed by atoms with van der Waals surface area (Å²) in [5, 5.41) is 5.91. The molecular weight excluding hydrogens is 335 g/mol. The Morgan fingerprint density at radius 3 is 2.29 bits per heavy atom. The molecule has 0 amide bonds. The second-order valence-corrected chi connectivity index (χ2v) is 5.99. The number of anilines is 2. The first kappa shape index (κ1) is 18.2. The van der Waals surface area contributed by atoms with Crippen molar-refractivity contribution in [1.29, 1.82) is 0 Å². The van der Waals surface area contributed by atoms with Gasteiger partial charge in [0, 0.05) is 11.4 Å². The van der Waals surface area contributed by atoms with E-state index in [4.69, 9.17) is 12.2 Å². The highest BCUT2D eigenvalue weighted by molar-refractivity contribution is 7.80. The molecule has 0 saturated carbocycles. The molecule has 0 atom stereocenters. The van der Waals surface area contributed by atoms with Gasteiger partial charge in [-0.25, -0.2) is 4.98 Å². The van der Waals surface area contributed by atoms with Crippen LogP contribution in [0, 0.1) is 27.7 Å². The van der Waals surface area contributed by atoms with Crippen molar-refractivity contribution in [2.24, 2.45) is 0 Å². The molecule has 0 spiro atoms. The number of hydrogen-bond donors (Lipinski definition) is 2. The lowest BCUT2D eigenvalue weighted by atomic mass is 10.0. The number of nitrogens with one attached hydrogen (secondary N) is 2. The summed E-state index contributed by atoms with van der Waals surface area (Å²) in [7, 11) is 0. The maximum atomic E-state index is 12.7. The molecule has 7 heteroatoms. The molecule has 0 saturated heterocycles. The Balaban J connectivity index is 2.18. The van der Waals surface area contributed by atoms with Crippen LogP contribution in [0.4, 0.5) is 24.7 Å². The van der Waals surface area contributed by atoms with Gasteiger partial charge in [-0.1, -0.05) is 6.07 Å². The number of halogens is 3. The highest BCUT2D eigenvalue weighted by Gasteiger charge is 2.30. The summed E-state index contributed by atoms with van der Waals surface area (Å²) in [5.41, 5.74) is 3.57. The fourth-order valence-electron chi connectivity index (χ4n) is 2.23. The Bertz CT molecular complexity index is 785. The van der Waals surface area contributed by atoms with Crippen LogP contribution in [0.1, 0.15) is 27.9 Å². The highest BCUT2D eigenvalue weighted by Crippen LogP contribution is 2.30. The Morgan fingerprint density at radius 2 is 1.67 bits per heavy atom. The van der Waals surface area contributed by atoms with Crippen molar-refractivity contribution < 1.29 is 13.2 Å². The molecule has 0 unspecified atom stereocenters. The molecule has 0 aliphatic carbocycles. The maximum absolute atomic E-state index is 12.7. The van der Waals surface area contributed by atoms with E-state index in [1.807, 2.05) is 27.7 Å². The number of benzene rings is 1.